The first-order valence-electron chi connectivity index (χ1n) is 14.5. The van der Waals surface area contributed by atoms with Crippen LogP contribution < -0.4 is 9.62 Å². The van der Waals surface area contributed by atoms with Gasteiger partial charge in [-0.1, -0.05) is 79.0 Å². The molecule has 0 spiro atoms. The first-order chi connectivity index (χ1) is 20.4. The zero-order valence-corrected chi connectivity index (χ0v) is 27.6. The SMILES string of the molecule is CCCCNC(=O)C(Cc1ccccc1)N(Cc1c(Cl)cccc1Cl)C(=O)CCCN(c1ccc(C)c(C)c1)S(C)(=O)=O. The van der Waals surface area contributed by atoms with E-state index in [-0.39, 0.29) is 37.7 Å². The van der Waals surface area contributed by atoms with E-state index >= 15 is 0 Å². The normalized spacial score (nSPS) is 12.0. The van der Waals surface area contributed by atoms with Crippen LogP contribution >= 0.6 is 23.2 Å². The number of aryl methyl sites for hydroxylation is 2. The minimum atomic E-state index is -3.60. The number of rotatable bonds is 15. The van der Waals surface area contributed by atoms with Gasteiger partial charge in [-0.3, -0.25) is 13.9 Å². The first kappa shape index (κ1) is 34.4. The van der Waals surface area contributed by atoms with Gasteiger partial charge in [0.1, 0.15) is 6.04 Å². The Hall–Kier alpha value is -3.07. The van der Waals surface area contributed by atoms with Gasteiger partial charge in [0.2, 0.25) is 21.8 Å². The Morgan fingerprint density at radius 1 is 0.907 bits per heavy atom. The van der Waals surface area contributed by atoms with Gasteiger partial charge in [0, 0.05) is 48.1 Å². The number of nitrogens with one attached hydrogen (secondary N) is 1. The summed E-state index contributed by atoms with van der Waals surface area (Å²) in [6.07, 6.45) is 3.46. The Morgan fingerprint density at radius 3 is 2.19 bits per heavy atom. The average Bonchev–Trinajstić information content (AvgIpc) is 2.95. The fourth-order valence-electron chi connectivity index (χ4n) is 4.80. The van der Waals surface area contributed by atoms with E-state index in [1.54, 1.807) is 24.3 Å². The van der Waals surface area contributed by atoms with E-state index < -0.39 is 16.1 Å². The lowest BCUT2D eigenvalue weighted by Gasteiger charge is -2.32. The van der Waals surface area contributed by atoms with Gasteiger partial charge in [0.15, 0.2) is 0 Å². The van der Waals surface area contributed by atoms with E-state index in [1.807, 2.05) is 63.2 Å². The van der Waals surface area contributed by atoms with Crippen molar-refractivity contribution >= 4 is 50.7 Å². The van der Waals surface area contributed by atoms with Crippen LogP contribution in [0.25, 0.3) is 0 Å². The number of benzene rings is 3. The van der Waals surface area contributed by atoms with E-state index in [0.717, 1.165) is 35.8 Å². The highest BCUT2D eigenvalue weighted by molar-refractivity contribution is 7.92. The lowest BCUT2D eigenvalue weighted by atomic mass is 10.0. The average molecular weight is 647 g/mol. The van der Waals surface area contributed by atoms with Crippen LogP contribution in [0.3, 0.4) is 0 Å². The number of carbonyl (C=O) groups excluding carboxylic acids is 2. The number of halogens is 2. The van der Waals surface area contributed by atoms with Crippen LogP contribution in [0.15, 0.2) is 66.7 Å². The van der Waals surface area contributed by atoms with Crippen molar-refractivity contribution in [1.29, 1.82) is 0 Å². The highest BCUT2D eigenvalue weighted by Gasteiger charge is 2.31. The van der Waals surface area contributed by atoms with Crippen LogP contribution in [0.5, 0.6) is 0 Å². The molecule has 2 amide bonds. The van der Waals surface area contributed by atoms with Crippen molar-refractivity contribution in [3.05, 3.63) is 99.0 Å². The quantitative estimate of drug-likeness (QED) is 0.186. The number of amides is 2. The highest BCUT2D eigenvalue weighted by atomic mass is 35.5. The Kier molecular flexibility index (Phi) is 12.9. The van der Waals surface area contributed by atoms with Crippen LogP contribution in [0, 0.1) is 13.8 Å². The molecule has 0 fully saturated rings. The molecular formula is C33H41Cl2N3O4S. The monoisotopic (exact) mass is 645 g/mol. The molecule has 0 bridgehead atoms. The van der Waals surface area contributed by atoms with Gasteiger partial charge in [-0.2, -0.15) is 0 Å². The number of nitrogens with zero attached hydrogens (tertiary/aromatic N) is 2. The number of unbranched alkanes of at least 4 members (excludes halogenated alkanes) is 1. The minimum absolute atomic E-state index is 0.0203. The number of sulfonamides is 1. The van der Waals surface area contributed by atoms with Crippen LogP contribution in [-0.2, 0) is 32.6 Å². The fourth-order valence-corrected chi connectivity index (χ4v) is 6.27. The first-order valence-corrected chi connectivity index (χ1v) is 17.1. The molecule has 0 radical (unpaired) electrons. The predicted molar refractivity (Wildman–Crippen MR) is 176 cm³/mol. The van der Waals surface area contributed by atoms with Gasteiger partial charge < -0.3 is 10.2 Å². The third-order valence-electron chi connectivity index (χ3n) is 7.42. The lowest BCUT2D eigenvalue weighted by Crippen LogP contribution is -2.50. The molecule has 3 aromatic rings. The summed E-state index contributed by atoms with van der Waals surface area (Å²) in [6, 6.07) is 19.3. The summed E-state index contributed by atoms with van der Waals surface area (Å²) in [4.78, 5) is 29.2. The summed E-state index contributed by atoms with van der Waals surface area (Å²) in [5.41, 5.74) is 4.03. The van der Waals surface area contributed by atoms with Crippen molar-refractivity contribution in [2.45, 2.75) is 65.5 Å². The fraction of sp³-hybridized carbons (Fsp3) is 0.394. The summed E-state index contributed by atoms with van der Waals surface area (Å²) >= 11 is 13.0. The number of hydrogen-bond acceptors (Lipinski definition) is 4. The summed E-state index contributed by atoms with van der Waals surface area (Å²) in [5.74, 6) is -0.558. The van der Waals surface area contributed by atoms with E-state index in [9.17, 15) is 18.0 Å². The van der Waals surface area contributed by atoms with Gasteiger partial charge in [0.05, 0.1) is 11.9 Å². The molecule has 0 saturated carbocycles. The van der Waals surface area contributed by atoms with Gasteiger partial charge in [0.25, 0.3) is 0 Å². The molecule has 43 heavy (non-hydrogen) atoms. The maximum absolute atomic E-state index is 14.0. The highest BCUT2D eigenvalue weighted by Crippen LogP contribution is 2.28. The molecule has 3 rings (SSSR count). The van der Waals surface area contributed by atoms with Crippen LogP contribution in [0.1, 0.15) is 54.9 Å². The topological polar surface area (TPSA) is 86.8 Å². The minimum Gasteiger partial charge on any atom is -0.354 e. The molecule has 3 aromatic carbocycles. The zero-order chi connectivity index (χ0) is 31.6. The third kappa shape index (κ3) is 9.98. The Balaban J connectivity index is 1.92. The van der Waals surface area contributed by atoms with Gasteiger partial charge in [-0.05, 0) is 67.6 Å². The zero-order valence-electron chi connectivity index (χ0n) is 25.3. The predicted octanol–water partition coefficient (Wildman–Crippen LogP) is 6.71. The Morgan fingerprint density at radius 2 is 1.58 bits per heavy atom. The molecule has 1 unspecified atom stereocenters. The largest absolute Gasteiger partial charge is 0.354 e. The summed E-state index contributed by atoms with van der Waals surface area (Å²) < 4.78 is 26.8. The second-order valence-electron chi connectivity index (χ2n) is 10.8. The summed E-state index contributed by atoms with van der Waals surface area (Å²) in [5, 5.41) is 3.79. The van der Waals surface area contributed by atoms with Crippen molar-refractivity contribution in [3.8, 4) is 0 Å². The molecule has 0 aliphatic carbocycles. The Labute approximate surface area is 266 Å². The molecule has 1 atom stereocenters. The molecule has 7 nitrogen and oxygen atoms in total. The molecule has 10 heteroatoms. The lowest BCUT2D eigenvalue weighted by molar-refractivity contribution is -0.141. The molecule has 0 aliphatic rings. The molecule has 0 saturated heterocycles. The second-order valence-corrected chi connectivity index (χ2v) is 13.5. The van der Waals surface area contributed by atoms with Crippen molar-refractivity contribution < 1.29 is 18.0 Å². The maximum atomic E-state index is 14.0. The molecule has 0 aliphatic heterocycles. The molecule has 1 N–H and O–H groups in total. The smallest absolute Gasteiger partial charge is 0.243 e. The van der Waals surface area contributed by atoms with E-state index in [0.29, 0.717) is 34.3 Å². The molecule has 0 heterocycles. The van der Waals surface area contributed by atoms with Gasteiger partial charge >= 0.3 is 0 Å². The van der Waals surface area contributed by atoms with E-state index in [2.05, 4.69) is 5.32 Å². The molecular weight excluding hydrogens is 605 g/mol. The molecule has 232 valence electrons. The van der Waals surface area contributed by atoms with Crippen molar-refractivity contribution in [3.63, 3.8) is 0 Å². The van der Waals surface area contributed by atoms with Gasteiger partial charge in [-0.25, -0.2) is 8.42 Å². The third-order valence-corrected chi connectivity index (χ3v) is 9.32. The van der Waals surface area contributed by atoms with Gasteiger partial charge in [-0.15, -0.1) is 0 Å². The van der Waals surface area contributed by atoms with Crippen molar-refractivity contribution in [1.82, 2.24) is 10.2 Å². The standard InChI is InChI=1S/C33H41Cl2N3O4S/c1-5-6-19-36-33(40)31(22-26-12-8-7-9-13-26)37(23-28-29(34)14-10-15-30(28)35)32(39)16-11-20-38(43(4,41)42)27-18-17-24(2)25(3)21-27/h7-10,12-15,17-18,21,31H,5-6,11,16,19-20,22-23H2,1-4H3,(H,36,40). The summed E-state index contributed by atoms with van der Waals surface area (Å²) in [7, 11) is -3.60. The molecule has 0 aromatic heterocycles. The van der Waals surface area contributed by atoms with Crippen LogP contribution in [0.4, 0.5) is 5.69 Å². The van der Waals surface area contributed by atoms with Crippen LogP contribution in [-0.4, -0.2) is 50.5 Å². The summed E-state index contributed by atoms with van der Waals surface area (Å²) in [6.45, 7) is 6.57. The second kappa shape index (κ2) is 16.1. The number of anilines is 1. The number of hydrogen-bond donors (Lipinski definition) is 1. The van der Waals surface area contributed by atoms with E-state index in [4.69, 9.17) is 23.2 Å². The van der Waals surface area contributed by atoms with Crippen molar-refractivity contribution in [2.24, 2.45) is 0 Å². The van der Waals surface area contributed by atoms with Crippen LogP contribution in [0.2, 0.25) is 10.0 Å². The van der Waals surface area contributed by atoms with Crippen molar-refractivity contribution in [2.75, 3.05) is 23.7 Å². The number of carbonyl (C=O) groups is 2. The maximum Gasteiger partial charge on any atom is 0.243 e. The Bertz CT molecular complexity index is 1480. The van der Waals surface area contributed by atoms with E-state index in [1.165, 1.54) is 9.21 Å².